The Morgan fingerprint density at radius 3 is 1.96 bits per heavy atom. The minimum atomic E-state index is -5.30. The van der Waals surface area contributed by atoms with E-state index in [2.05, 4.69) is 15.1 Å². The van der Waals surface area contributed by atoms with Crippen LogP contribution in [0.1, 0.15) is 17.0 Å². The highest BCUT2D eigenvalue weighted by Crippen LogP contribution is 2.40. The van der Waals surface area contributed by atoms with Gasteiger partial charge in [-0.3, -0.25) is 0 Å². The first kappa shape index (κ1) is 19.7. The second-order valence-corrected chi connectivity index (χ2v) is 5.45. The Balaban J connectivity index is 2.25. The molecule has 3 heterocycles. The maximum absolute atomic E-state index is 13.2. The van der Waals surface area contributed by atoms with Crippen molar-refractivity contribution in [2.45, 2.75) is 18.5 Å². The summed E-state index contributed by atoms with van der Waals surface area (Å²) in [5.74, 6) is -1.21. The molecule has 14 heteroatoms. The van der Waals surface area contributed by atoms with Gasteiger partial charge in [0.25, 0.3) is 0 Å². The second-order valence-electron chi connectivity index (χ2n) is 5.45. The minimum Gasteiger partial charge on any atom is -0.383 e. The lowest BCUT2D eigenvalue weighted by molar-refractivity contribution is -0.149. The van der Waals surface area contributed by atoms with E-state index in [0.717, 1.165) is 6.07 Å². The summed E-state index contributed by atoms with van der Waals surface area (Å²) in [6.45, 7) is 0. The average molecular weight is 415 g/mol. The third-order valence-electron chi connectivity index (χ3n) is 3.54. The summed E-state index contributed by atoms with van der Waals surface area (Å²) in [7, 11) is 0. The Labute approximate surface area is 148 Å². The van der Waals surface area contributed by atoms with E-state index in [-0.39, 0.29) is 6.07 Å². The van der Waals surface area contributed by atoms with Gasteiger partial charge in [0.15, 0.2) is 11.5 Å². The van der Waals surface area contributed by atoms with E-state index in [0.29, 0.717) is 16.9 Å². The second kappa shape index (κ2) is 5.97. The molecule has 0 bridgehead atoms. The van der Waals surface area contributed by atoms with Crippen LogP contribution < -0.4 is 5.73 Å². The quantitative estimate of drug-likeness (QED) is 0.597. The molecule has 0 aliphatic carbocycles. The Bertz CT molecular complexity index is 1030. The topological polar surface area (TPSA) is 69.6 Å². The number of nitrogens with two attached hydrogens (primary N) is 1. The third kappa shape index (κ3) is 3.41. The van der Waals surface area contributed by atoms with Gasteiger partial charge >= 0.3 is 18.5 Å². The van der Waals surface area contributed by atoms with E-state index in [4.69, 9.17) is 5.73 Å². The van der Waals surface area contributed by atoms with E-state index in [1.807, 2.05) is 0 Å². The molecule has 0 fully saturated rings. The van der Waals surface area contributed by atoms with Crippen LogP contribution in [0.25, 0.3) is 16.7 Å². The van der Waals surface area contributed by atoms with Gasteiger partial charge in [0.1, 0.15) is 11.5 Å². The lowest BCUT2D eigenvalue weighted by Gasteiger charge is -2.11. The number of hydrogen-bond acceptors (Lipinski definition) is 4. The van der Waals surface area contributed by atoms with Gasteiger partial charge in [0.2, 0.25) is 0 Å². The molecule has 0 aliphatic rings. The maximum atomic E-state index is 13.2. The van der Waals surface area contributed by atoms with Crippen LogP contribution in [0.3, 0.4) is 0 Å². The fourth-order valence-electron chi connectivity index (χ4n) is 2.33. The fourth-order valence-corrected chi connectivity index (χ4v) is 2.33. The molecule has 2 N–H and O–H groups in total. The zero-order valence-corrected chi connectivity index (χ0v) is 13.1. The lowest BCUT2D eigenvalue weighted by atomic mass is 10.2. The highest BCUT2D eigenvalue weighted by Gasteiger charge is 2.41. The Morgan fingerprint density at radius 2 is 1.50 bits per heavy atom. The molecule has 0 spiro atoms. The van der Waals surface area contributed by atoms with Gasteiger partial charge in [-0.15, -0.1) is 0 Å². The highest BCUT2D eigenvalue weighted by atomic mass is 19.4. The van der Waals surface area contributed by atoms with Crippen LogP contribution in [0.5, 0.6) is 0 Å². The maximum Gasteiger partial charge on any atom is 0.434 e. The van der Waals surface area contributed by atoms with E-state index >= 15 is 0 Å². The molecule has 5 nitrogen and oxygen atoms in total. The zero-order valence-electron chi connectivity index (χ0n) is 13.1. The smallest absolute Gasteiger partial charge is 0.383 e. The third-order valence-corrected chi connectivity index (χ3v) is 3.54. The summed E-state index contributed by atoms with van der Waals surface area (Å²) in [6.07, 6.45) is -14.8. The predicted molar refractivity (Wildman–Crippen MR) is 76.1 cm³/mol. The van der Waals surface area contributed by atoms with Crippen molar-refractivity contribution in [1.29, 1.82) is 0 Å². The molecule has 3 rings (SSSR count). The summed E-state index contributed by atoms with van der Waals surface area (Å²) in [4.78, 5) is 6.02. The van der Waals surface area contributed by atoms with Gasteiger partial charge in [-0.25, -0.2) is 9.97 Å². The molecule has 0 unspecified atom stereocenters. The van der Waals surface area contributed by atoms with Crippen molar-refractivity contribution in [2.24, 2.45) is 0 Å². The first-order valence-corrected chi connectivity index (χ1v) is 7.07. The van der Waals surface area contributed by atoms with Crippen LogP contribution in [0.15, 0.2) is 24.4 Å². The lowest BCUT2D eigenvalue weighted by Crippen LogP contribution is -2.15. The van der Waals surface area contributed by atoms with Crippen LogP contribution in [0.2, 0.25) is 0 Å². The summed E-state index contributed by atoms with van der Waals surface area (Å²) < 4.78 is 116. The zero-order chi connectivity index (χ0) is 21.1. The van der Waals surface area contributed by atoms with Crippen LogP contribution in [-0.2, 0) is 18.5 Å². The van der Waals surface area contributed by atoms with Crippen LogP contribution >= 0.6 is 0 Å². The van der Waals surface area contributed by atoms with Crippen molar-refractivity contribution in [1.82, 2.24) is 19.7 Å². The Hall–Kier alpha value is -3.06. The van der Waals surface area contributed by atoms with E-state index in [1.165, 1.54) is 0 Å². The molecule has 0 amide bonds. The van der Waals surface area contributed by atoms with Gasteiger partial charge in [-0.1, -0.05) is 0 Å². The molecule has 150 valence electrons. The standard InChI is InChI=1S/C14H6F9N5/c15-12(16,17)5-1-2-8(25-4-5)28-11(24)9-6(27-28)3-7(13(18,19)20)26-10(9)14(21,22)23/h1-4H,24H2. The molecule has 3 aromatic heterocycles. The summed E-state index contributed by atoms with van der Waals surface area (Å²) in [6, 6.07) is 1.58. The SMILES string of the molecule is Nc1c2c(C(F)(F)F)nc(C(F)(F)F)cc2nn1-c1ccc(C(F)(F)F)cn1. The average Bonchev–Trinajstić information content (AvgIpc) is 2.89. The van der Waals surface area contributed by atoms with Crippen molar-refractivity contribution in [2.75, 3.05) is 5.73 Å². The molecule has 28 heavy (non-hydrogen) atoms. The molecule has 0 radical (unpaired) electrons. The van der Waals surface area contributed by atoms with Crippen LogP contribution in [0.4, 0.5) is 45.3 Å². The van der Waals surface area contributed by atoms with E-state index in [9.17, 15) is 39.5 Å². The number of pyridine rings is 2. The van der Waals surface area contributed by atoms with Crippen molar-refractivity contribution in [3.8, 4) is 5.82 Å². The summed E-state index contributed by atoms with van der Waals surface area (Å²) >= 11 is 0. The minimum absolute atomic E-state index is 0.252. The number of nitrogen functional groups attached to an aromatic ring is 1. The first-order chi connectivity index (χ1) is 12.7. The predicted octanol–water partition coefficient (Wildman–Crippen LogP) is 4.45. The van der Waals surface area contributed by atoms with Crippen LogP contribution in [0, 0.1) is 0 Å². The number of anilines is 1. The molecule has 0 atom stereocenters. The first-order valence-electron chi connectivity index (χ1n) is 7.07. The fraction of sp³-hybridized carbons (Fsp3) is 0.214. The number of hydrogen-bond donors (Lipinski definition) is 1. The summed E-state index contributed by atoms with van der Waals surface area (Å²) in [5, 5.41) is 2.60. The molecule has 0 aromatic carbocycles. The van der Waals surface area contributed by atoms with Crippen molar-refractivity contribution in [3.63, 3.8) is 0 Å². The highest BCUT2D eigenvalue weighted by molar-refractivity contribution is 5.92. The van der Waals surface area contributed by atoms with Gasteiger partial charge < -0.3 is 5.73 Å². The van der Waals surface area contributed by atoms with Gasteiger partial charge in [0, 0.05) is 6.20 Å². The van der Waals surface area contributed by atoms with Gasteiger partial charge in [0.05, 0.1) is 16.5 Å². The Morgan fingerprint density at radius 1 is 0.857 bits per heavy atom. The molecular weight excluding hydrogens is 409 g/mol. The van der Waals surface area contributed by atoms with E-state index < -0.39 is 58.0 Å². The molecular formula is C14H6F9N5. The number of aromatic nitrogens is 4. The molecule has 3 aromatic rings. The number of fused-ring (bicyclic) bond motifs is 1. The molecule has 0 saturated heterocycles. The number of nitrogens with zero attached hydrogens (tertiary/aromatic N) is 4. The Kier molecular flexibility index (Phi) is 4.20. The van der Waals surface area contributed by atoms with Crippen molar-refractivity contribution in [3.05, 3.63) is 41.3 Å². The van der Waals surface area contributed by atoms with Gasteiger partial charge in [-0.2, -0.15) is 49.3 Å². The summed E-state index contributed by atoms with van der Waals surface area (Å²) in [5.41, 5.74) is -0.151. The largest absolute Gasteiger partial charge is 0.434 e. The monoisotopic (exact) mass is 415 g/mol. The van der Waals surface area contributed by atoms with E-state index in [1.54, 1.807) is 0 Å². The number of rotatable bonds is 1. The molecule has 0 saturated carbocycles. The van der Waals surface area contributed by atoms with Gasteiger partial charge in [-0.05, 0) is 18.2 Å². The van der Waals surface area contributed by atoms with Crippen molar-refractivity contribution >= 4 is 16.7 Å². The normalized spacial score (nSPS) is 13.3. The van der Waals surface area contributed by atoms with Crippen molar-refractivity contribution < 1.29 is 39.5 Å². The molecule has 0 aliphatic heterocycles. The number of alkyl halides is 9. The van der Waals surface area contributed by atoms with Crippen LogP contribution in [-0.4, -0.2) is 19.7 Å². The number of halogens is 9.